The number of nitrogens with zero attached hydrogens (tertiary/aromatic N) is 2. The number of thiol groups is 1. The minimum Gasteiger partial charge on any atom is -0.481 e. The van der Waals surface area contributed by atoms with Crippen molar-refractivity contribution in [1.29, 1.82) is 0 Å². The predicted octanol–water partition coefficient (Wildman–Crippen LogP) is -5.59. The summed E-state index contributed by atoms with van der Waals surface area (Å²) in [4.78, 5) is 90.6. The van der Waals surface area contributed by atoms with E-state index in [1.165, 1.54) is 0 Å². The number of amides is 5. The van der Waals surface area contributed by atoms with E-state index in [2.05, 4.69) is 38.9 Å². The zero-order chi connectivity index (χ0) is 32.7. The number of aliphatic imine (C=N–C) groups is 1. The number of carbonyl (C=O) groups excluding carboxylic acids is 5. The van der Waals surface area contributed by atoms with Gasteiger partial charge in [0.25, 0.3) is 0 Å². The number of hydrogen-bond acceptors (Lipinski definition) is 11. The second-order valence-corrected chi connectivity index (χ2v) is 9.87. The molecule has 1 aliphatic heterocycles. The third kappa shape index (κ3) is 12.7. The van der Waals surface area contributed by atoms with Crippen LogP contribution >= 0.6 is 12.6 Å². The second kappa shape index (κ2) is 18.4. The van der Waals surface area contributed by atoms with E-state index in [0.717, 1.165) is 4.90 Å². The predicted molar refractivity (Wildman–Crippen MR) is 152 cm³/mol. The van der Waals surface area contributed by atoms with Crippen LogP contribution in [0.1, 0.15) is 32.1 Å². The van der Waals surface area contributed by atoms with Gasteiger partial charge in [-0.3, -0.25) is 33.8 Å². The molecule has 1 rings (SSSR count). The molecule has 0 aromatic rings. The number of likely N-dealkylation sites (tertiary alicyclic amines) is 1. The van der Waals surface area contributed by atoms with Crippen LogP contribution in [0.4, 0.5) is 0 Å². The van der Waals surface area contributed by atoms with Gasteiger partial charge in [0.2, 0.25) is 29.5 Å². The Morgan fingerprint density at radius 2 is 1.60 bits per heavy atom. The van der Waals surface area contributed by atoms with E-state index in [1.54, 1.807) is 0 Å². The average molecular weight is 634 g/mol. The normalized spacial score (nSPS) is 17.0. The number of carboxylic acids is 2. The quantitative estimate of drug-likeness (QED) is 0.0291. The van der Waals surface area contributed by atoms with Crippen molar-refractivity contribution in [2.24, 2.45) is 22.2 Å². The average Bonchev–Trinajstić information content (AvgIpc) is 3.45. The molecule has 0 aromatic carbocycles. The topological polar surface area (TPSA) is 322 Å². The molecule has 0 aromatic heterocycles. The lowest BCUT2D eigenvalue weighted by molar-refractivity contribution is -0.150. The molecule has 5 atom stereocenters. The first kappa shape index (κ1) is 36.9. The standard InChI is InChI=1S/C23H39N9O10S/c24-11(10-43)18(37)30-12(3-1-5-27-23(25)26)19(38)28-8-16(34)29-13(7-17(35)36)20(39)31-14(9-33)21(40)32-6-2-4-15(32)22(41)42/h11-15,33,43H,1-10,24H2,(H,28,38)(H,29,34)(H,30,37)(H,31,39)(H,35,36)(H,41,42)(H4,25,26,27)/t11-,12+,13+,14+,15+/m1/s1. The number of carbonyl (C=O) groups is 7. The Morgan fingerprint density at radius 3 is 2.16 bits per heavy atom. The van der Waals surface area contributed by atoms with Crippen LogP contribution in [0.3, 0.4) is 0 Å². The summed E-state index contributed by atoms with van der Waals surface area (Å²) in [5.41, 5.74) is 16.2. The van der Waals surface area contributed by atoms with E-state index in [-0.39, 0.29) is 44.1 Å². The molecular weight excluding hydrogens is 594 g/mol. The van der Waals surface area contributed by atoms with Crippen LogP contribution in [0.15, 0.2) is 4.99 Å². The Bertz CT molecular complexity index is 1070. The monoisotopic (exact) mass is 633 g/mol. The molecule has 0 aliphatic carbocycles. The number of aliphatic hydroxyl groups excluding tert-OH is 1. The third-order valence-electron chi connectivity index (χ3n) is 6.18. The van der Waals surface area contributed by atoms with Gasteiger partial charge in [-0.25, -0.2) is 4.79 Å². The Balaban J connectivity index is 2.86. The van der Waals surface area contributed by atoms with Gasteiger partial charge in [0, 0.05) is 18.8 Å². The molecular formula is C23H39N9O10S. The lowest BCUT2D eigenvalue weighted by Crippen LogP contribution is -2.58. The molecule has 1 fully saturated rings. The largest absolute Gasteiger partial charge is 0.481 e. The van der Waals surface area contributed by atoms with Crippen molar-refractivity contribution in [3.63, 3.8) is 0 Å². The zero-order valence-corrected chi connectivity index (χ0v) is 24.1. The summed E-state index contributed by atoms with van der Waals surface area (Å²) in [6.07, 6.45) is -0.0464. The van der Waals surface area contributed by atoms with E-state index >= 15 is 0 Å². The molecule has 242 valence electrons. The maximum Gasteiger partial charge on any atom is 0.326 e. The highest BCUT2D eigenvalue weighted by molar-refractivity contribution is 7.80. The summed E-state index contributed by atoms with van der Waals surface area (Å²) >= 11 is 3.93. The molecule has 43 heavy (non-hydrogen) atoms. The summed E-state index contributed by atoms with van der Waals surface area (Å²) in [5, 5.41) is 37.2. The molecule has 0 bridgehead atoms. The van der Waals surface area contributed by atoms with Gasteiger partial charge in [-0.15, -0.1) is 0 Å². The molecule has 0 spiro atoms. The lowest BCUT2D eigenvalue weighted by Gasteiger charge is -2.27. The van der Waals surface area contributed by atoms with Crippen LogP contribution < -0.4 is 38.5 Å². The molecule has 19 nitrogen and oxygen atoms in total. The number of nitrogens with two attached hydrogens (primary N) is 3. The second-order valence-electron chi connectivity index (χ2n) is 9.51. The fourth-order valence-electron chi connectivity index (χ4n) is 4.00. The van der Waals surface area contributed by atoms with Crippen LogP contribution in [0.5, 0.6) is 0 Å². The Kier molecular flexibility index (Phi) is 15.8. The van der Waals surface area contributed by atoms with Gasteiger partial charge in [0.15, 0.2) is 5.96 Å². The number of hydrogen-bond donors (Lipinski definition) is 11. The molecule has 0 unspecified atom stereocenters. The van der Waals surface area contributed by atoms with Crippen LogP contribution in [0.25, 0.3) is 0 Å². The molecule has 1 saturated heterocycles. The summed E-state index contributed by atoms with van der Waals surface area (Å²) in [6.45, 7) is -1.45. The fourth-order valence-corrected chi connectivity index (χ4v) is 4.16. The molecule has 5 amide bonds. The Morgan fingerprint density at radius 1 is 0.953 bits per heavy atom. The maximum absolute atomic E-state index is 12.8. The maximum atomic E-state index is 12.8. The van der Waals surface area contributed by atoms with Crippen molar-refractivity contribution in [3.8, 4) is 0 Å². The highest BCUT2D eigenvalue weighted by Gasteiger charge is 2.38. The number of aliphatic carboxylic acids is 2. The van der Waals surface area contributed by atoms with Crippen molar-refractivity contribution < 1.29 is 48.9 Å². The van der Waals surface area contributed by atoms with Crippen LogP contribution in [-0.4, -0.2) is 130 Å². The number of aliphatic hydroxyl groups is 1. The lowest BCUT2D eigenvalue weighted by atomic mass is 10.1. The van der Waals surface area contributed by atoms with Crippen molar-refractivity contribution in [1.82, 2.24) is 26.2 Å². The minimum atomic E-state index is -1.74. The number of nitrogens with one attached hydrogen (secondary N) is 4. The molecule has 0 radical (unpaired) electrons. The van der Waals surface area contributed by atoms with Gasteiger partial charge >= 0.3 is 11.9 Å². The summed E-state index contributed by atoms with van der Waals surface area (Å²) in [5.74, 6) is -7.45. The minimum absolute atomic E-state index is 0.00941. The molecule has 0 saturated carbocycles. The molecule has 1 heterocycles. The zero-order valence-electron chi connectivity index (χ0n) is 23.2. The third-order valence-corrected chi connectivity index (χ3v) is 6.58. The van der Waals surface area contributed by atoms with Gasteiger partial charge in [-0.1, -0.05) is 0 Å². The molecule has 13 N–H and O–H groups in total. The van der Waals surface area contributed by atoms with Crippen molar-refractivity contribution >= 4 is 60.1 Å². The molecule has 1 aliphatic rings. The van der Waals surface area contributed by atoms with Crippen molar-refractivity contribution in [2.45, 2.75) is 62.3 Å². The SMILES string of the molecule is NC(N)=NCCC[C@H](NC(=O)[C@H](N)CS)C(=O)NCC(=O)N[C@@H](CC(=O)O)C(=O)N[C@@H](CO)C(=O)N1CCC[C@H]1C(=O)O. The van der Waals surface area contributed by atoms with Gasteiger partial charge in [0.05, 0.1) is 25.6 Å². The van der Waals surface area contributed by atoms with E-state index in [0.29, 0.717) is 6.42 Å². The van der Waals surface area contributed by atoms with Gasteiger partial charge in [-0.05, 0) is 25.7 Å². The summed E-state index contributed by atoms with van der Waals surface area (Å²) < 4.78 is 0. The van der Waals surface area contributed by atoms with Gasteiger partial charge < -0.3 is 58.7 Å². The first-order valence-corrected chi connectivity index (χ1v) is 13.8. The highest BCUT2D eigenvalue weighted by atomic mass is 32.1. The fraction of sp³-hybridized carbons (Fsp3) is 0.652. The van der Waals surface area contributed by atoms with Gasteiger partial charge in [-0.2, -0.15) is 12.6 Å². The van der Waals surface area contributed by atoms with Crippen LogP contribution in [0, 0.1) is 0 Å². The number of guanidine groups is 1. The van der Waals surface area contributed by atoms with Crippen molar-refractivity contribution in [3.05, 3.63) is 0 Å². The van der Waals surface area contributed by atoms with Crippen LogP contribution in [-0.2, 0) is 33.6 Å². The number of rotatable bonds is 18. The summed E-state index contributed by atoms with van der Waals surface area (Å²) in [6, 6.07) is -6.67. The smallest absolute Gasteiger partial charge is 0.326 e. The van der Waals surface area contributed by atoms with E-state index < -0.39 is 91.3 Å². The number of carboxylic acid groups (broad SMARTS) is 2. The Hall–Kier alpha value is -4.17. The molecule has 20 heteroatoms. The van der Waals surface area contributed by atoms with E-state index in [9.17, 15) is 48.9 Å². The first-order valence-electron chi connectivity index (χ1n) is 13.2. The first-order chi connectivity index (χ1) is 20.2. The van der Waals surface area contributed by atoms with Crippen LogP contribution in [0.2, 0.25) is 0 Å². The van der Waals surface area contributed by atoms with E-state index in [1.807, 2.05) is 0 Å². The van der Waals surface area contributed by atoms with E-state index in [4.69, 9.17) is 17.2 Å². The summed E-state index contributed by atoms with van der Waals surface area (Å²) in [7, 11) is 0. The van der Waals surface area contributed by atoms with Crippen molar-refractivity contribution in [2.75, 3.05) is 32.0 Å². The van der Waals surface area contributed by atoms with Gasteiger partial charge in [0.1, 0.15) is 24.2 Å². The highest BCUT2D eigenvalue weighted by Crippen LogP contribution is 2.18. The Labute approximate surface area is 251 Å².